The molecule has 2 aliphatic rings. The highest BCUT2D eigenvalue weighted by Crippen LogP contribution is 2.33. The van der Waals surface area contributed by atoms with E-state index in [2.05, 4.69) is 5.32 Å². The summed E-state index contributed by atoms with van der Waals surface area (Å²) in [6.45, 7) is 0.428. The number of rotatable bonds is 4. The van der Waals surface area contributed by atoms with Gasteiger partial charge in [0.1, 0.15) is 5.75 Å². The van der Waals surface area contributed by atoms with E-state index in [-0.39, 0.29) is 30.2 Å². The molecule has 1 saturated heterocycles. The minimum Gasteiger partial charge on any atom is -0.495 e. The molecule has 0 radical (unpaired) electrons. The molecular weight excluding hydrogens is 292 g/mol. The summed E-state index contributed by atoms with van der Waals surface area (Å²) in [6, 6.07) is 7.72. The molecule has 1 aliphatic carbocycles. The third kappa shape index (κ3) is 3.49. The molecule has 1 heterocycles. The molecule has 0 aromatic heterocycles. The quantitative estimate of drug-likeness (QED) is 0.928. The summed E-state index contributed by atoms with van der Waals surface area (Å²) in [5.41, 5.74) is 0.743. The van der Waals surface area contributed by atoms with Gasteiger partial charge in [-0.05, 0) is 25.0 Å². The Morgan fingerprint density at radius 3 is 2.70 bits per heavy atom. The molecule has 2 fully saturated rings. The second-order valence-electron chi connectivity index (χ2n) is 6.42. The van der Waals surface area contributed by atoms with Crippen molar-refractivity contribution in [2.45, 2.75) is 44.6 Å². The summed E-state index contributed by atoms with van der Waals surface area (Å²) < 4.78 is 5.33. The van der Waals surface area contributed by atoms with E-state index < -0.39 is 0 Å². The Hall–Kier alpha value is -2.04. The highest BCUT2D eigenvalue weighted by Gasteiger charge is 2.36. The summed E-state index contributed by atoms with van der Waals surface area (Å²) in [5, 5.41) is 3.13. The molecule has 5 heteroatoms. The second-order valence-corrected chi connectivity index (χ2v) is 6.42. The summed E-state index contributed by atoms with van der Waals surface area (Å²) in [7, 11) is 1.59. The number of methoxy groups -OCH3 is 1. The van der Waals surface area contributed by atoms with Crippen LogP contribution < -0.4 is 15.0 Å². The van der Waals surface area contributed by atoms with E-state index in [4.69, 9.17) is 4.74 Å². The van der Waals surface area contributed by atoms with Crippen molar-refractivity contribution in [2.24, 2.45) is 5.92 Å². The average molecular weight is 316 g/mol. The second kappa shape index (κ2) is 7.02. The maximum Gasteiger partial charge on any atom is 0.227 e. The third-order valence-corrected chi connectivity index (χ3v) is 4.82. The van der Waals surface area contributed by atoms with E-state index in [0.29, 0.717) is 12.3 Å². The van der Waals surface area contributed by atoms with Crippen LogP contribution in [0.25, 0.3) is 0 Å². The first-order chi connectivity index (χ1) is 11.2. The maximum absolute atomic E-state index is 12.5. The first-order valence-corrected chi connectivity index (χ1v) is 8.43. The smallest absolute Gasteiger partial charge is 0.227 e. The number of carbonyl (C=O) groups is 2. The first-order valence-electron chi connectivity index (χ1n) is 8.43. The fraction of sp³-hybridized carbons (Fsp3) is 0.556. The van der Waals surface area contributed by atoms with Gasteiger partial charge in [0.2, 0.25) is 11.8 Å². The molecule has 5 nitrogen and oxygen atoms in total. The van der Waals surface area contributed by atoms with Crippen LogP contribution in [0.4, 0.5) is 5.69 Å². The van der Waals surface area contributed by atoms with Crippen molar-refractivity contribution in [2.75, 3.05) is 18.6 Å². The Morgan fingerprint density at radius 2 is 1.96 bits per heavy atom. The number of benzene rings is 1. The van der Waals surface area contributed by atoms with E-state index >= 15 is 0 Å². The molecule has 23 heavy (non-hydrogen) atoms. The van der Waals surface area contributed by atoms with E-state index in [1.807, 2.05) is 24.3 Å². The van der Waals surface area contributed by atoms with Crippen molar-refractivity contribution in [1.29, 1.82) is 0 Å². The zero-order valence-corrected chi connectivity index (χ0v) is 13.6. The van der Waals surface area contributed by atoms with Crippen molar-refractivity contribution < 1.29 is 14.3 Å². The van der Waals surface area contributed by atoms with Crippen LogP contribution in [0.5, 0.6) is 5.75 Å². The van der Waals surface area contributed by atoms with Gasteiger partial charge in [0.25, 0.3) is 0 Å². The van der Waals surface area contributed by atoms with Gasteiger partial charge >= 0.3 is 0 Å². The fourth-order valence-corrected chi connectivity index (χ4v) is 3.53. The van der Waals surface area contributed by atoms with Gasteiger partial charge in [-0.2, -0.15) is 0 Å². The monoisotopic (exact) mass is 316 g/mol. The molecule has 1 aromatic carbocycles. The van der Waals surface area contributed by atoms with Crippen molar-refractivity contribution in [3.63, 3.8) is 0 Å². The lowest BCUT2D eigenvalue weighted by Gasteiger charge is -2.24. The zero-order chi connectivity index (χ0) is 16.2. The lowest BCUT2D eigenvalue weighted by molar-refractivity contribution is -0.127. The third-order valence-electron chi connectivity index (χ3n) is 4.82. The zero-order valence-electron chi connectivity index (χ0n) is 13.6. The summed E-state index contributed by atoms with van der Waals surface area (Å²) in [4.78, 5) is 26.5. The van der Waals surface area contributed by atoms with Crippen LogP contribution in [-0.2, 0) is 9.59 Å². The molecule has 1 atom stereocenters. The normalized spacial score (nSPS) is 22.2. The van der Waals surface area contributed by atoms with E-state index in [1.54, 1.807) is 12.0 Å². The van der Waals surface area contributed by atoms with Crippen molar-refractivity contribution in [1.82, 2.24) is 5.32 Å². The number of para-hydroxylation sites is 2. The molecular formula is C18H24N2O3. The van der Waals surface area contributed by atoms with Gasteiger partial charge in [-0.1, -0.05) is 31.4 Å². The Morgan fingerprint density at radius 1 is 1.22 bits per heavy atom. The molecule has 0 spiro atoms. The van der Waals surface area contributed by atoms with Crippen LogP contribution in [0.15, 0.2) is 24.3 Å². The van der Waals surface area contributed by atoms with E-state index in [1.165, 1.54) is 19.3 Å². The van der Waals surface area contributed by atoms with E-state index in [9.17, 15) is 9.59 Å². The number of hydrogen-bond acceptors (Lipinski definition) is 3. The topological polar surface area (TPSA) is 58.6 Å². The van der Waals surface area contributed by atoms with Crippen LogP contribution in [-0.4, -0.2) is 31.5 Å². The van der Waals surface area contributed by atoms with Crippen LogP contribution >= 0.6 is 0 Å². The largest absolute Gasteiger partial charge is 0.495 e. The number of nitrogens with zero attached hydrogens (tertiary/aromatic N) is 1. The van der Waals surface area contributed by atoms with Crippen LogP contribution in [0.2, 0.25) is 0 Å². The Labute approximate surface area is 137 Å². The summed E-state index contributed by atoms with van der Waals surface area (Å²) in [6.07, 6.45) is 6.02. The molecule has 1 N–H and O–H groups in total. The van der Waals surface area contributed by atoms with Crippen molar-refractivity contribution in [3.05, 3.63) is 24.3 Å². The Bertz CT molecular complexity index is 581. The minimum atomic E-state index is -0.269. The molecule has 124 valence electrons. The van der Waals surface area contributed by atoms with Gasteiger partial charge in [0.15, 0.2) is 0 Å². The number of amides is 2. The predicted molar refractivity (Wildman–Crippen MR) is 88.5 cm³/mol. The SMILES string of the molecule is COc1ccccc1N1C[C@H](C(=O)NC2CCCCC2)CC1=O. The van der Waals surface area contributed by atoms with Gasteiger partial charge < -0.3 is 15.0 Å². The number of carbonyl (C=O) groups excluding carboxylic acids is 2. The standard InChI is InChI=1S/C18H24N2O3/c1-23-16-10-6-5-9-15(16)20-12-13(11-17(20)21)18(22)19-14-7-3-2-4-8-14/h5-6,9-10,13-14H,2-4,7-8,11-12H2,1H3,(H,19,22)/t13-/m1/s1. The number of hydrogen-bond donors (Lipinski definition) is 1. The van der Waals surface area contributed by atoms with Crippen LogP contribution in [0.1, 0.15) is 38.5 Å². The molecule has 1 aromatic rings. The molecule has 0 unspecified atom stereocenters. The fourth-order valence-electron chi connectivity index (χ4n) is 3.53. The molecule has 2 amide bonds. The molecule has 0 bridgehead atoms. The predicted octanol–water partition coefficient (Wildman–Crippen LogP) is 2.50. The van der Waals surface area contributed by atoms with Crippen molar-refractivity contribution in [3.8, 4) is 5.75 Å². The first kappa shape index (κ1) is 15.8. The number of nitrogens with one attached hydrogen (secondary N) is 1. The molecule has 3 rings (SSSR count). The van der Waals surface area contributed by atoms with Gasteiger partial charge in [0, 0.05) is 19.0 Å². The van der Waals surface area contributed by atoms with Gasteiger partial charge in [-0.15, -0.1) is 0 Å². The lowest BCUT2D eigenvalue weighted by Crippen LogP contribution is -2.40. The van der Waals surface area contributed by atoms with Gasteiger partial charge in [-0.25, -0.2) is 0 Å². The highest BCUT2D eigenvalue weighted by molar-refractivity contribution is 6.01. The van der Waals surface area contributed by atoms with Crippen LogP contribution in [0, 0.1) is 5.92 Å². The Kier molecular flexibility index (Phi) is 4.84. The maximum atomic E-state index is 12.5. The average Bonchev–Trinajstić information content (AvgIpc) is 2.97. The van der Waals surface area contributed by atoms with Crippen molar-refractivity contribution >= 4 is 17.5 Å². The summed E-state index contributed by atoms with van der Waals surface area (Å²) >= 11 is 0. The van der Waals surface area contributed by atoms with E-state index in [0.717, 1.165) is 18.5 Å². The molecule has 1 saturated carbocycles. The number of anilines is 1. The number of ether oxygens (including phenoxy) is 1. The Balaban J connectivity index is 1.66. The van der Waals surface area contributed by atoms with Crippen LogP contribution in [0.3, 0.4) is 0 Å². The highest BCUT2D eigenvalue weighted by atomic mass is 16.5. The molecule has 1 aliphatic heterocycles. The summed E-state index contributed by atoms with van der Waals surface area (Å²) in [5.74, 6) is 0.393. The minimum absolute atomic E-state index is 0.0155. The lowest BCUT2D eigenvalue weighted by atomic mass is 9.95. The van der Waals surface area contributed by atoms with Gasteiger partial charge in [0.05, 0.1) is 18.7 Å². The van der Waals surface area contributed by atoms with Gasteiger partial charge in [-0.3, -0.25) is 9.59 Å².